The zero-order chi connectivity index (χ0) is 13.9. The van der Waals surface area contributed by atoms with Crippen LogP contribution >= 0.6 is 0 Å². The smallest absolute Gasteiger partial charge is 0.269 e. The molecule has 1 saturated heterocycles. The average Bonchev–Trinajstić information content (AvgIpc) is 2.41. The van der Waals surface area contributed by atoms with Crippen LogP contribution < -0.4 is 11.1 Å². The Labute approximate surface area is 114 Å². The van der Waals surface area contributed by atoms with Gasteiger partial charge in [0.25, 0.3) is 5.91 Å². The number of carbonyl (C=O) groups excluding carboxylic acids is 1. The maximum absolute atomic E-state index is 12.0. The Morgan fingerprint density at radius 1 is 1.47 bits per heavy atom. The zero-order valence-electron chi connectivity index (χ0n) is 11.6. The molecule has 1 amide bonds. The van der Waals surface area contributed by atoms with Gasteiger partial charge in [0.05, 0.1) is 11.9 Å². The lowest BCUT2D eigenvalue weighted by molar-refractivity contribution is 0.0887. The maximum atomic E-state index is 12.0. The van der Waals surface area contributed by atoms with E-state index in [2.05, 4.69) is 29.2 Å². The van der Waals surface area contributed by atoms with E-state index in [1.165, 1.54) is 6.20 Å². The van der Waals surface area contributed by atoms with E-state index in [1.807, 2.05) is 0 Å². The number of hydrogen-bond donors (Lipinski definition) is 2. The van der Waals surface area contributed by atoms with Gasteiger partial charge >= 0.3 is 0 Å². The SMILES string of the molecule is CN1CCC(C)(CNC(=O)c2ccc(N)cn2)CC1. The van der Waals surface area contributed by atoms with E-state index < -0.39 is 0 Å². The van der Waals surface area contributed by atoms with Crippen molar-refractivity contribution in [3.8, 4) is 0 Å². The number of nitrogens with zero attached hydrogens (tertiary/aromatic N) is 2. The molecule has 1 fully saturated rings. The van der Waals surface area contributed by atoms with Gasteiger partial charge in [0.1, 0.15) is 5.69 Å². The summed E-state index contributed by atoms with van der Waals surface area (Å²) >= 11 is 0. The van der Waals surface area contributed by atoms with E-state index in [9.17, 15) is 4.79 Å². The maximum Gasteiger partial charge on any atom is 0.269 e. The molecule has 0 saturated carbocycles. The van der Waals surface area contributed by atoms with Crippen molar-refractivity contribution < 1.29 is 4.79 Å². The first kappa shape index (κ1) is 13.8. The molecular formula is C14H22N4O. The van der Waals surface area contributed by atoms with Crippen LogP contribution in [-0.2, 0) is 0 Å². The van der Waals surface area contributed by atoms with Gasteiger partial charge in [-0.1, -0.05) is 6.92 Å². The van der Waals surface area contributed by atoms with Crippen molar-refractivity contribution in [1.82, 2.24) is 15.2 Å². The van der Waals surface area contributed by atoms with Gasteiger partial charge in [-0.05, 0) is 50.5 Å². The molecule has 5 nitrogen and oxygen atoms in total. The lowest BCUT2D eigenvalue weighted by atomic mass is 9.80. The highest BCUT2D eigenvalue weighted by atomic mass is 16.1. The number of anilines is 1. The molecule has 5 heteroatoms. The molecule has 1 aliphatic heterocycles. The van der Waals surface area contributed by atoms with Crippen molar-refractivity contribution in [2.24, 2.45) is 5.41 Å². The Bertz CT molecular complexity index is 435. The Balaban J connectivity index is 1.88. The quantitative estimate of drug-likeness (QED) is 0.856. The molecule has 0 atom stereocenters. The number of likely N-dealkylation sites (tertiary alicyclic amines) is 1. The summed E-state index contributed by atoms with van der Waals surface area (Å²) in [6.45, 7) is 5.11. The third-order valence-electron chi connectivity index (χ3n) is 3.89. The standard InChI is InChI=1S/C14H22N4O/c1-14(5-7-18(2)8-6-14)10-17-13(19)12-4-3-11(15)9-16-12/h3-4,9H,5-8,10,15H2,1-2H3,(H,17,19). The van der Waals surface area contributed by atoms with Crippen LogP contribution in [0.1, 0.15) is 30.3 Å². The summed E-state index contributed by atoms with van der Waals surface area (Å²) in [5.41, 5.74) is 6.73. The van der Waals surface area contributed by atoms with E-state index in [1.54, 1.807) is 12.1 Å². The molecule has 3 N–H and O–H groups in total. The number of aromatic nitrogens is 1. The molecule has 104 valence electrons. The highest BCUT2D eigenvalue weighted by molar-refractivity contribution is 5.92. The van der Waals surface area contributed by atoms with Crippen LogP contribution in [0.2, 0.25) is 0 Å². The largest absolute Gasteiger partial charge is 0.397 e. The fourth-order valence-electron chi connectivity index (χ4n) is 2.26. The lowest BCUT2D eigenvalue weighted by Crippen LogP contribution is -2.43. The fourth-order valence-corrected chi connectivity index (χ4v) is 2.26. The molecule has 0 aliphatic carbocycles. The summed E-state index contributed by atoms with van der Waals surface area (Å²) in [4.78, 5) is 18.3. The number of amides is 1. The molecule has 1 aromatic rings. The van der Waals surface area contributed by atoms with Crippen molar-refractivity contribution in [3.05, 3.63) is 24.0 Å². The third-order valence-corrected chi connectivity index (χ3v) is 3.89. The summed E-state index contributed by atoms with van der Waals surface area (Å²) in [7, 11) is 2.14. The summed E-state index contributed by atoms with van der Waals surface area (Å²) in [5, 5.41) is 2.98. The highest BCUT2D eigenvalue weighted by Gasteiger charge is 2.29. The first-order chi connectivity index (χ1) is 8.98. The molecule has 0 unspecified atom stereocenters. The summed E-state index contributed by atoms with van der Waals surface area (Å²) in [5.74, 6) is -0.125. The van der Waals surface area contributed by atoms with Gasteiger partial charge in [-0.3, -0.25) is 4.79 Å². The molecule has 1 aromatic heterocycles. The normalized spacial score (nSPS) is 19.1. The molecule has 0 bridgehead atoms. The van der Waals surface area contributed by atoms with Gasteiger partial charge in [0.15, 0.2) is 0 Å². The van der Waals surface area contributed by atoms with E-state index in [4.69, 9.17) is 5.73 Å². The summed E-state index contributed by atoms with van der Waals surface area (Å²) in [6, 6.07) is 3.35. The van der Waals surface area contributed by atoms with Crippen molar-refractivity contribution in [1.29, 1.82) is 0 Å². The van der Waals surface area contributed by atoms with Crippen molar-refractivity contribution in [2.45, 2.75) is 19.8 Å². The molecular weight excluding hydrogens is 240 g/mol. The van der Waals surface area contributed by atoms with E-state index >= 15 is 0 Å². The lowest BCUT2D eigenvalue weighted by Gasteiger charge is -2.37. The summed E-state index contributed by atoms with van der Waals surface area (Å²) in [6.07, 6.45) is 3.73. The second-order valence-corrected chi connectivity index (χ2v) is 5.77. The van der Waals surface area contributed by atoms with E-state index in [-0.39, 0.29) is 11.3 Å². The van der Waals surface area contributed by atoms with Gasteiger partial charge in [0, 0.05) is 6.54 Å². The van der Waals surface area contributed by atoms with Gasteiger partial charge in [0.2, 0.25) is 0 Å². The van der Waals surface area contributed by atoms with E-state index in [0.717, 1.165) is 25.9 Å². The number of piperidine rings is 1. The monoisotopic (exact) mass is 262 g/mol. The molecule has 0 aromatic carbocycles. The first-order valence-electron chi connectivity index (χ1n) is 6.67. The van der Waals surface area contributed by atoms with Crippen molar-refractivity contribution >= 4 is 11.6 Å². The minimum atomic E-state index is -0.125. The van der Waals surface area contributed by atoms with Gasteiger partial charge in [-0.25, -0.2) is 4.98 Å². The predicted molar refractivity (Wildman–Crippen MR) is 75.8 cm³/mol. The van der Waals surface area contributed by atoms with Gasteiger partial charge in [-0.15, -0.1) is 0 Å². The second-order valence-electron chi connectivity index (χ2n) is 5.77. The number of nitrogens with two attached hydrogens (primary N) is 1. The number of nitrogens with one attached hydrogen (secondary N) is 1. The summed E-state index contributed by atoms with van der Waals surface area (Å²) < 4.78 is 0. The Kier molecular flexibility index (Phi) is 4.04. The Morgan fingerprint density at radius 2 is 2.16 bits per heavy atom. The number of nitrogen functional groups attached to an aromatic ring is 1. The second kappa shape index (κ2) is 5.57. The molecule has 1 aliphatic rings. The van der Waals surface area contributed by atoms with Crippen LogP contribution in [0.4, 0.5) is 5.69 Å². The highest BCUT2D eigenvalue weighted by Crippen LogP contribution is 2.29. The zero-order valence-corrected chi connectivity index (χ0v) is 11.6. The number of hydrogen-bond acceptors (Lipinski definition) is 4. The topological polar surface area (TPSA) is 71.2 Å². The molecule has 2 heterocycles. The van der Waals surface area contributed by atoms with Crippen molar-refractivity contribution in [2.75, 3.05) is 32.4 Å². The van der Waals surface area contributed by atoms with Crippen LogP contribution in [0.5, 0.6) is 0 Å². The minimum absolute atomic E-state index is 0.125. The molecule has 0 spiro atoms. The van der Waals surface area contributed by atoms with E-state index in [0.29, 0.717) is 17.9 Å². The average molecular weight is 262 g/mol. The van der Waals surface area contributed by atoms with Gasteiger partial charge in [-0.2, -0.15) is 0 Å². The molecule has 0 radical (unpaired) electrons. The Morgan fingerprint density at radius 3 is 2.74 bits per heavy atom. The fraction of sp³-hybridized carbons (Fsp3) is 0.571. The Hall–Kier alpha value is -1.62. The molecule has 19 heavy (non-hydrogen) atoms. The van der Waals surface area contributed by atoms with Crippen LogP contribution in [0.3, 0.4) is 0 Å². The van der Waals surface area contributed by atoms with Gasteiger partial charge < -0.3 is 16.0 Å². The first-order valence-corrected chi connectivity index (χ1v) is 6.67. The van der Waals surface area contributed by atoms with Crippen LogP contribution in [0.15, 0.2) is 18.3 Å². The van der Waals surface area contributed by atoms with Crippen molar-refractivity contribution in [3.63, 3.8) is 0 Å². The van der Waals surface area contributed by atoms with Crippen LogP contribution in [-0.4, -0.2) is 42.5 Å². The number of carbonyl (C=O) groups is 1. The van der Waals surface area contributed by atoms with Crippen LogP contribution in [0.25, 0.3) is 0 Å². The number of rotatable bonds is 3. The molecule has 2 rings (SSSR count). The predicted octanol–water partition coefficient (Wildman–Crippen LogP) is 1.13. The minimum Gasteiger partial charge on any atom is -0.397 e. The third kappa shape index (κ3) is 3.67. The number of pyridine rings is 1. The van der Waals surface area contributed by atoms with Crippen LogP contribution in [0, 0.1) is 5.41 Å².